The molecule has 1 spiro atoms. The zero-order valence-corrected chi connectivity index (χ0v) is 31.2. The van der Waals surface area contributed by atoms with E-state index in [1.54, 1.807) is 38.1 Å². The van der Waals surface area contributed by atoms with Crippen molar-refractivity contribution in [3.05, 3.63) is 64.8 Å². The number of hydrogen-bond donors (Lipinski definition) is 1. The number of aliphatic hydroxyl groups excluding tert-OH is 1. The average molecular weight is 695 g/mol. The number of benzene rings is 2. The number of aliphatic hydroxyl groups is 1. The molecule has 0 radical (unpaired) electrons. The van der Waals surface area contributed by atoms with E-state index in [9.17, 15) is 18.3 Å². The van der Waals surface area contributed by atoms with E-state index in [0.29, 0.717) is 34.5 Å². The highest BCUT2D eigenvalue weighted by atomic mass is 32.2. The number of aromatic nitrogens is 1. The molecule has 12 heteroatoms. The van der Waals surface area contributed by atoms with E-state index in [1.165, 1.54) is 0 Å². The number of anilines is 1. The van der Waals surface area contributed by atoms with Crippen LogP contribution in [0.5, 0.6) is 0 Å². The third kappa shape index (κ3) is 7.03. The molecule has 2 aromatic carbocycles. The van der Waals surface area contributed by atoms with E-state index in [-0.39, 0.29) is 35.8 Å². The molecule has 0 bridgehead atoms. The molecule has 260 valence electrons. The Kier molecular flexibility index (Phi) is 10.7. The molecular weight excluding hydrogens is 645 g/mol. The van der Waals surface area contributed by atoms with Gasteiger partial charge in [-0.15, -0.1) is 0 Å². The molecule has 2 aliphatic rings. The number of hydrogen-bond acceptors (Lipinski definition) is 8. The minimum atomic E-state index is -4.23. The Hall–Kier alpha value is -3.32. The Morgan fingerprint density at radius 1 is 1.10 bits per heavy atom. The summed E-state index contributed by atoms with van der Waals surface area (Å²) >= 11 is 0. The van der Waals surface area contributed by atoms with Crippen LogP contribution in [0.25, 0.3) is 11.1 Å². The second kappa shape index (κ2) is 14.3. The van der Waals surface area contributed by atoms with Crippen molar-refractivity contribution in [2.45, 2.75) is 122 Å². The molecule has 3 aromatic rings. The van der Waals surface area contributed by atoms with Crippen LogP contribution >= 0.6 is 0 Å². The fraction of sp³-hybridized carbons (Fsp3) is 0.528. The van der Waals surface area contributed by atoms with E-state index >= 15 is 0 Å². The molecule has 1 aromatic heterocycles. The first kappa shape index (κ1) is 36.0. The summed E-state index contributed by atoms with van der Waals surface area (Å²) in [5.41, 5.74) is 2.89. The summed E-state index contributed by atoms with van der Waals surface area (Å²) in [5, 5.41) is 14.6. The highest BCUT2D eigenvalue weighted by Gasteiger charge is 2.49. The largest absolute Gasteiger partial charge is 0.392 e. The second-order valence-electron chi connectivity index (χ2n) is 14.3. The molecule has 0 saturated heterocycles. The van der Waals surface area contributed by atoms with Crippen LogP contribution < -0.4 is 4.31 Å². The van der Waals surface area contributed by atoms with Gasteiger partial charge in [0, 0.05) is 23.3 Å². The van der Waals surface area contributed by atoms with E-state index in [4.69, 9.17) is 14.3 Å². The van der Waals surface area contributed by atoms with Crippen molar-refractivity contribution < 1.29 is 27.6 Å². The van der Waals surface area contributed by atoms with Crippen LogP contribution in [-0.4, -0.2) is 61.4 Å². The Balaban J connectivity index is 1.50. The van der Waals surface area contributed by atoms with Crippen LogP contribution in [-0.2, 0) is 32.7 Å². The summed E-state index contributed by atoms with van der Waals surface area (Å²) in [5.74, 6) is 1.03. The second-order valence-corrected chi connectivity index (χ2v) is 21.6. The number of amidine groups is 1. The lowest BCUT2D eigenvalue weighted by Crippen LogP contribution is -2.42. The van der Waals surface area contributed by atoms with Crippen molar-refractivity contribution in [2.75, 3.05) is 11.0 Å². The lowest BCUT2D eigenvalue weighted by Gasteiger charge is -2.29. The Labute approximate surface area is 286 Å². The van der Waals surface area contributed by atoms with Gasteiger partial charge in [0.15, 0.2) is 0 Å². The van der Waals surface area contributed by atoms with Crippen molar-refractivity contribution in [2.24, 2.45) is 4.99 Å². The van der Waals surface area contributed by atoms with Crippen molar-refractivity contribution in [1.29, 1.82) is 0 Å². The van der Waals surface area contributed by atoms with Crippen LogP contribution in [0, 0.1) is 13.8 Å². The van der Waals surface area contributed by atoms with Gasteiger partial charge >= 0.3 is 0 Å². The third-order valence-electron chi connectivity index (χ3n) is 9.93. The Bertz CT molecular complexity index is 1770. The van der Waals surface area contributed by atoms with Crippen molar-refractivity contribution in [3.63, 3.8) is 0 Å². The van der Waals surface area contributed by atoms with Gasteiger partial charge in [0.25, 0.3) is 15.9 Å². The van der Waals surface area contributed by atoms with Crippen molar-refractivity contribution >= 4 is 35.7 Å². The molecule has 1 saturated carbocycles. The minimum Gasteiger partial charge on any atom is -0.392 e. The van der Waals surface area contributed by atoms with Gasteiger partial charge in [0.05, 0.1) is 31.8 Å². The SMILES string of the molecule is CCCCC1=NC2(CCCC2)C(=O)N1Cc1ccc(-c2ccccc2S(=O)(=O)N(COC(C)[Si](C)(C)C)c2onc(C)c2C)c(CO)c1. The quantitative estimate of drug-likeness (QED) is 0.141. The van der Waals surface area contributed by atoms with Gasteiger partial charge in [0.2, 0.25) is 5.88 Å². The maximum absolute atomic E-state index is 14.6. The summed E-state index contributed by atoms with van der Waals surface area (Å²) in [7, 11) is -5.98. The van der Waals surface area contributed by atoms with Gasteiger partial charge in [0.1, 0.15) is 18.1 Å². The minimum absolute atomic E-state index is 0.0528. The number of carbonyl (C=O) groups is 1. The smallest absolute Gasteiger partial charge is 0.269 e. The molecule has 10 nitrogen and oxygen atoms in total. The van der Waals surface area contributed by atoms with Gasteiger partial charge in [-0.3, -0.25) is 14.7 Å². The molecular formula is C36H50N4O6SSi. The molecule has 1 fully saturated rings. The lowest BCUT2D eigenvalue weighted by atomic mass is 9.96. The van der Waals surface area contributed by atoms with E-state index in [2.05, 4.69) is 31.7 Å². The fourth-order valence-corrected chi connectivity index (χ4v) is 8.46. The molecule has 1 amide bonds. The number of rotatable bonds is 14. The predicted octanol–water partition coefficient (Wildman–Crippen LogP) is 7.13. The third-order valence-corrected chi connectivity index (χ3v) is 14.3. The van der Waals surface area contributed by atoms with Crippen LogP contribution in [0.1, 0.15) is 81.2 Å². The number of amides is 1. The summed E-state index contributed by atoms with van der Waals surface area (Å²) in [6, 6.07) is 12.4. The molecule has 2 heterocycles. The van der Waals surface area contributed by atoms with Gasteiger partial charge in [-0.05, 0) is 62.8 Å². The molecule has 1 unspecified atom stereocenters. The Morgan fingerprint density at radius 2 is 1.81 bits per heavy atom. The highest BCUT2D eigenvalue weighted by Crippen LogP contribution is 2.41. The standard InChI is InChI=1S/C36H50N4O6SSi/c1-8-9-16-33-37-36(19-12-13-20-36)35(42)39(33)22-28-17-18-30(29(21-28)23-41)31-14-10-11-15-32(31)47(43,44)40(24-45-27(4)48(5,6)7)34-25(2)26(3)38-46-34/h10-11,14-15,17-18,21,27,41H,8-9,12-13,16,19-20,22-24H2,1-7H3. The van der Waals surface area contributed by atoms with E-state index in [0.717, 1.165) is 60.7 Å². The van der Waals surface area contributed by atoms with Crippen LogP contribution in [0.4, 0.5) is 5.88 Å². The number of aliphatic imine (C=N–C) groups is 1. The summed E-state index contributed by atoms with van der Waals surface area (Å²) in [6.45, 7) is 13.9. The first-order chi connectivity index (χ1) is 22.7. The Morgan fingerprint density at radius 3 is 2.44 bits per heavy atom. The summed E-state index contributed by atoms with van der Waals surface area (Å²) in [4.78, 5) is 20.6. The van der Waals surface area contributed by atoms with Crippen molar-refractivity contribution in [3.8, 4) is 11.1 Å². The molecule has 1 aliphatic carbocycles. The first-order valence-corrected chi connectivity index (χ1v) is 22.0. The average Bonchev–Trinajstić information content (AvgIpc) is 3.74. The number of aryl methyl sites for hydroxylation is 1. The fourth-order valence-electron chi connectivity index (χ4n) is 6.36. The van der Waals surface area contributed by atoms with Crippen LogP contribution in [0.15, 0.2) is 56.9 Å². The maximum Gasteiger partial charge on any atom is 0.269 e. The van der Waals surface area contributed by atoms with E-state index < -0.39 is 23.6 Å². The van der Waals surface area contributed by atoms with Crippen LogP contribution in [0.2, 0.25) is 19.6 Å². The topological polar surface area (TPSA) is 126 Å². The number of ether oxygens (including phenoxy) is 1. The molecule has 48 heavy (non-hydrogen) atoms. The summed E-state index contributed by atoms with van der Waals surface area (Å²) < 4.78 is 42.1. The van der Waals surface area contributed by atoms with Gasteiger partial charge in [-0.25, -0.2) is 12.7 Å². The number of nitrogens with zero attached hydrogens (tertiary/aromatic N) is 4. The molecule has 5 rings (SSSR count). The summed E-state index contributed by atoms with van der Waals surface area (Å²) in [6.07, 6.45) is 6.31. The van der Waals surface area contributed by atoms with Gasteiger partial charge < -0.3 is 14.4 Å². The zero-order valence-electron chi connectivity index (χ0n) is 29.4. The normalized spacial score (nSPS) is 17.0. The van der Waals surface area contributed by atoms with E-state index in [1.807, 2.05) is 30.0 Å². The monoisotopic (exact) mass is 694 g/mol. The van der Waals surface area contributed by atoms with Crippen molar-refractivity contribution in [1.82, 2.24) is 10.1 Å². The van der Waals surface area contributed by atoms with Crippen LogP contribution in [0.3, 0.4) is 0 Å². The molecule has 1 N–H and O–H groups in total. The van der Waals surface area contributed by atoms with Gasteiger partial charge in [-0.1, -0.05) is 87.4 Å². The lowest BCUT2D eigenvalue weighted by molar-refractivity contribution is -0.131. The molecule has 1 atom stereocenters. The first-order valence-electron chi connectivity index (χ1n) is 17.0. The number of carbonyl (C=O) groups excluding carboxylic acids is 1. The zero-order chi connectivity index (χ0) is 34.9. The predicted molar refractivity (Wildman–Crippen MR) is 191 cm³/mol. The highest BCUT2D eigenvalue weighted by molar-refractivity contribution is 7.93. The van der Waals surface area contributed by atoms with Gasteiger partial charge in [-0.2, -0.15) is 0 Å². The molecule has 1 aliphatic heterocycles. The number of unbranched alkanes of at least 4 members (excludes halogenated alkanes) is 1. The maximum atomic E-state index is 14.6. The number of sulfonamides is 1.